The van der Waals surface area contributed by atoms with E-state index >= 15 is 0 Å². The number of phenolic OH excluding ortho intramolecular Hbond substituents is 1. The second kappa shape index (κ2) is 7.38. The smallest absolute Gasteiger partial charge is 0.268 e. The Morgan fingerprint density at radius 1 is 1.40 bits per heavy atom. The number of benzene rings is 1. The number of phenols is 1. The second-order valence-corrected chi connectivity index (χ2v) is 6.39. The lowest BCUT2D eigenvalue weighted by molar-refractivity contribution is -0.120. The summed E-state index contributed by atoms with van der Waals surface area (Å²) in [6.45, 7) is 2.21. The molecule has 1 aliphatic heterocycles. The maximum Gasteiger partial charge on any atom is 0.268 e. The zero-order valence-corrected chi connectivity index (χ0v) is 14.2. The Labute approximate surface area is 145 Å². The van der Waals surface area contributed by atoms with E-state index in [0.29, 0.717) is 18.0 Å². The summed E-state index contributed by atoms with van der Waals surface area (Å²) in [6, 6.07) is 8.45. The maximum absolute atomic E-state index is 12.1. The number of carbonyl (C=O) groups is 1. The Balaban J connectivity index is 1.50. The van der Waals surface area contributed by atoms with Crippen LogP contribution in [-0.2, 0) is 18.3 Å². The SMILES string of the molecule is Cn1ncc(N2CCC(CNC(=O)Cc3ccccc3O)C2)cc1=O. The van der Waals surface area contributed by atoms with Gasteiger partial charge in [0, 0.05) is 38.3 Å². The molecule has 1 fully saturated rings. The van der Waals surface area contributed by atoms with Gasteiger partial charge in [-0.2, -0.15) is 5.10 Å². The Kier molecular flexibility index (Phi) is 5.02. The summed E-state index contributed by atoms with van der Waals surface area (Å²) in [5, 5.41) is 16.7. The molecule has 0 radical (unpaired) electrons. The van der Waals surface area contributed by atoms with Gasteiger partial charge >= 0.3 is 0 Å². The van der Waals surface area contributed by atoms with Crippen molar-refractivity contribution < 1.29 is 9.90 Å². The van der Waals surface area contributed by atoms with E-state index in [0.717, 1.165) is 25.2 Å². The molecule has 2 N–H and O–H groups in total. The van der Waals surface area contributed by atoms with Gasteiger partial charge in [-0.15, -0.1) is 0 Å². The molecule has 1 unspecified atom stereocenters. The number of aromatic nitrogens is 2. The van der Waals surface area contributed by atoms with Crippen LogP contribution in [-0.4, -0.2) is 40.4 Å². The topological polar surface area (TPSA) is 87.5 Å². The molecule has 1 aliphatic rings. The Hall–Kier alpha value is -2.83. The number of anilines is 1. The molecule has 3 rings (SSSR count). The Bertz CT molecular complexity index is 818. The summed E-state index contributed by atoms with van der Waals surface area (Å²) in [4.78, 5) is 25.9. The molecule has 1 atom stereocenters. The van der Waals surface area contributed by atoms with Crippen LogP contribution in [0.5, 0.6) is 5.75 Å². The van der Waals surface area contributed by atoms with Gasteiger partial charge in [-0.05, 0) is 18.4 Å². The molecule has 0 saturated carbocycles. The van der Waals surface area contributed by atoms with E-state index in [-0.39, 0.29) is 23.6 Å². The fraction of sp³-hybridized carbons (Fsp3) is 0.389. The van der Waals surface area contributed by atoms with Gasteiger partial charge < -0.3 is 15.3 Å². The third-order valence-electron chi connectivity index (χ3n) is 4.54. The van der Waals surface area contributed by atoms with Crippen LogP contribution in [0, 0.1) is 5.92 Å². The monoisotopic (exact) mass is 342 g/mol. The lowest BCUT2D eigenvalue weighted by Crippen LogP contribution is -2.32. The molecule has 7 nitrogen and oxygen atoms in total. The molecule has 2 aromatic rings. The normalized spacial score (nSPS) is 16.8. The molecule has 25 heavy (non-hydrogen) atoms. The highest BCUT2D eigenvalue weighted by molar-refractivity contribution is 5.79. The summed E-state index contributed by atoms with van der Waals surface area (Å²) in [7, 11) is 1.62. The third-order valence-corrected chi connectivity index (χ3v) is 4.54. The predicted octanol–water partition coefficient (Wildman–Crippen LogP) is 0.671. The number of aromatic hydroxyl groups is 1. The molecule has 7 heteroatoms. The van der Waals surface area contributed by atoms with E-state index in [9.17, 15) is 14.7 Å². The number of amides is 1. The molecule has 0 spiro atoms. The lowest BCUT2D eigenvalue weighted by atomic mass is 10.1. The highest BCUT2D eigenvalue weighted by atomic mass is 16.3. The maximum atomic E-state index is 12.1. The van der Waals surface area contributed by atoms with Gasteiger partial charge in [-0.1, -0.05) is 18.2 Å². The number of aryl methyl sites for hydroxylation is 1. The minimum atomic E-state index is -0.128. The first-order valence-corrected chi connectivity index (χ1v) is 8.35. The zero-order valence-electron chi connectivity index (χ0n) is 14.2. The second-order valence-electron chi connectivity index (χ2n) is 6.39. The number of rotatable bonds is 5. The molecule has 132 valence electrons. The van der Waals surface area contributed by atoms with E-state index in [2.05, 4.69) is 15.3 Å². The number of carbonyl (C=O) groups excluding carboxylic acids is 1. The molecule has 2 heterocycles. The van der Waals surface area contributed by atoms with Gasteiger partial charge in [-0.25, -0.2) is 4.68 Å². The first-order valence-electron chi connectivity index (χ1n) is 8.35. The summed E-state index contributed by atoms with van der Waals surface area (Å²) < 4.78 is 1.30. The fourth-order valence-electron chi connectivity index (χ4n) is 3.02. The standard InChI is InChI=1S/C18H22N4O3/c1-21-18(25)9-15(11-20-21)22-7-6-13(12-22)10-19-17(24)8-14-4-2-3-5-16(14)23/h2-5,9,11,13,23H,6-8,10,12H2,1H3,(H,19,24). The molecule has 1 saturated heterocycles. The van der Waals surface area contributed by atoms with Crippen molar-refractivity contribution in [3.8, 4) is 5.75 Å². The third kappa shape index (κ3) is 4.17. The molecule has 1 aromatic heterocycles. The average Bonchev–Trinajstić information content (AvgIpc) is 3.07. The number of nitrogens with zero attached hydrogens (tertiary/aromatic N) is 3. The number of hydrogen-bond acceptors (Lipinski definition) is 5. The Morgan fingerprint density at radius 3 is 2.96 bits per heavy atom. The quantitative estimate of drug-likeness (QED) is 0.834. The molecular formula is C18H22N4O3. The van der Waals surface area contributed by atoms with Crippen LogP contribution < -0.4 is 15.8 Å². The van der Waals surface area contributed by atoms with Crippen LogP contribution in [0.2, 0.25) is 0 Å². The predicted molar refractivity (Wildman–Crippen MR) is 94.6 cm³/mol. The van der Waals surface area contributed by atoms with Crippen molar-refractivity contribution >= 4 is 11.6 Å². The molecule has 1 aromatic carbocycles. The van der Waals surface area contributed by atoms with Gasteiger partial charge in [0.1, 0.15) is 5.75 Å². The summed E-state index contributed by atoms with van der Waals surface area (Å²) in [5.74, 6) is 0.371. The van der Waals surface area contributed by atoms with E-state index in [4.69, 9.17) is 0 Å². The van der Waals surface area contributed by atoms with Gasteiger partial charge in [0.15, 0.2) is 0 Å². The van der Waals surface area contributed by atoms with Crippen molar-refractivity contribution in [2.24, 2.45) is 13.0 Å². The van der Waals surface area contributed by atoms with Crippen LogP contribution in [0.15, 0.2) is 41.3 Å². The zero-order chi connectivity index (χ0) is 17.8. The first-order chi connectivity index (χ1) is 12.0. The van der Waals surface area contributed by atoms with Gasteiger partial charge in [0.2, 0.25) is 5.91 Å². The molecule has 0 bridgehead atoms. The van der Waals surface area contributed by atoms with Crippen molar-refractivity contribution in [3.05, 3.63) is 52.4 Å². The van der Waals surface area contributed by atoms with E-state index < -0.39 is 0 Å². The summed E-state index contributed by atoms with van der Waals surface area (Å²) in [6.07, 6.45) is 2.81. The average molecular weight is 342 g/mol. The largest absolute Gasteiger partial charge is 0.508 e. The first kappa shape index (κ1) is 17.0. The van der Waals surface area contributed by atoms with Crippen molar-refractivity contribution in [3.63, 3.8) is 0 Å². The van der Waals surface area contributed by atoms with Crippen LogP contribution >= 0.6 is 0 Å². The lowest BCUT2D eigenvalue weighted by Gasteiger charge is -2.18. The number of nitrogens with one attached hydrogen (secondary N) is 1. The van der Waals surface area contributed by atoms with Crippen molar-refractivity contribution in [1.29, 1.82) is 0 Å². The van der Waals surface area contributed by atoms with E-state index in [1.165, 1.54) is 4.68 Å². The molecule has 0 aliphatic carbocycles. The number of hydrogen-bond donors (Lipinski definition) is 2. The van der Waals surface area contributed by atoms with Gasteiger partial charge in [-0.3, -0.25) is 9.59 Å². The van der Waals surface area contributed by atoms with Crippen molar-refractivity contribution in [2.75, 3.05) is 24.5 Å². The highest BCUT2D eigenvalue weighted by Crippen LogP contribution is 2.21. The highest BCUT2D eigenvalue weighted by Gasteiger charge is 2.23. The van der Waals surface area contributed by atoms with Crippen molar-refractivity contribution in [1.82, 2.24) is 15.1 Å². The summed E-state index contributed by atoms with van der Waals surface area (Å²) in [5.41, 5.74) is 1.32. The molecular weight excluding hydrogens is 320 g/mol. The summed E-state index contributed by atoms with van der Waals surface area (Å²) >= 11 is 0. The fourth-order valence-corrected chi connectivity index (χ4v) is 3.02. The minimum Gasteiger partial charge on any atom is -0.508 e. The van der Waals surface area contributed by atoms with Crippen LogP contribution in [0.1, 0.15) is 12.0 Å². The van der Waals surface area contributed by atoms with Gasteiger partial charge in [0.05, 0.1) is 18.3 Å². The van der Waals surface area contributed by atoms with Gasteiger partial charge in [0.25, 0.3) is 5.56 Å². The molecule has 1 amide bonds. The van der Waals surface area contributed by atoms with E-state index in [1.807, 2.05) is 0 Å². The van der Waals surface area contributed by atoms with Crippen LogP contribution in [0.4, 0.5) is 5.69 Å². The van der Waals surface area contributed by atoms with Crippen LogP contribution in [0.3, 0.4) is 0 Å². The van der Waals surface area contributed by atoms with Crippen molar-refractivity contribution in [2.45, 2.75) is 12.8 Å². The minimum absolute atomic E-state index is 0.102. The van der Waals surface area contributed by atoms with E-state index in [1.54, 1.807) is 43.6 Å². The Morgan fingerprint density at radius 2 is 2.20 bits per heavy atom. The number of para-hydroxylation sites is 1. The van der Waals surface area contributed by atoms with Crippen LogP contribution in [0.25, 0.3) is 0 Å².